The van der Waals surface area contributed by atoms with Crippen molar-refractivity contribution >= 4 is 39.1 Å². The molecule has 1 atom stereocenters. The summed E-state index contributed by atoms with van der Waals surface area (Å²) in [4.78, 5) is 43.0. The zero-order chi connectivity index (χ0) is 22.1. The van der Waals surface area contributed by atoms with Crippen molar-refractivity contribution in [2.45, 2.75) is 19.9 Å². The molecule has 1 unspecified atom stereocenters. The van der Waals surface area contributed by atoms with Gasteiger partial charge in [-0.1, -0.05) is 42.0 Å². The van der Waals surface area contributed by atoms with Gasteiger partial charge in [0, 0.05) is 16.6 Å². The Morgan fingerprint density at radius 1 is 1.13 bits per heavy atom. The zero-order valence-corrected chi connectivity index (χ0v) is 17.6. The molecule has 8 heteroatoms. The number of thiophene rings is 1. The molecule has 0 spiro atoms. The Morgan fingerprint density at radius 2 is 1.87 bits per heavy atom. The number of para-hydroxylation sites is 1. The first-order valence-corrected chi connectivity index (χ1v) is 10.4. The zero-order valence-electron chi connectivity index (χ0n) is 16.8. The van der Waals surface area contributed by atoms with E-state index in [-0.39, 0.29) is 10.9 Å². The molecular formula is C23H19N3O4S. The molecule has 0 bridgehead atoms. The second-order valence-electron chi connectivity index (χ2n) is 7.15. The summed E-state index contributed by atoms with van der Waals surface area (Å²) in [5.74, 6) is -1.30. The van der Waals surface area contributed by atoms with Crippen LogP contribution < -0.4 is 10.9 Å². The van der Waals surface area contributed by atoms with Crippen LogP contribution in [0.5, 0.6) is 0 Å². The van der Waals surface area contributed by atoms with Crippen LogP contribution in [-0.2, 0) is 4.79 Å². The fourth-order valence-electron chi connectivity index (χ4n) is 3.39. The fraction of sp³-hybridized carbons (Fsp3) is 0.130. The van der Waals surface area contributed by atoms with E-state index in [4.69, 9.17) is 0 Å². The Kier molecular flexibility index (Phi) is 5.39. The van der Waals surface area contributed by atoms with Gasteiger partial charge in [-0.3, -0.25) is 14.2 Å². The summed E-state index contributed by atoms with van der Waals surface area (Å²) in [5.41, 5.74) is 1.56. The number of amides is 1. The third kappa shape index (κ3) is 3.85. The van der Waals surface area contributed by atoms with E-state index in [1.807, 2.05) is 37.3 Å². The van der Waals surface area contributed by atoms with Crippen LogP contribution in [0.2, 0.25) is 0 Å². The van der Waals surface area contributed by atoms with Crippen LogP contribution in [0.1, 0.15) is 28.9 Å². The Labute approximate surface area is 181 Å². The van der Waals surface area contributed by atoms with Crippen molar-refractivity contribution in [1.82, 2.24) is 9.55 Å². The van der Waals surface area contributed by atoms with Crippen molar-refractivity contribution in [2.24, 2.45) is 0 Å². The Bertz CT molecular complexity index is 1360. The molecule has 0 aliphatic heterocycles. The number of carboxylic acid groups (broad SMARTS) is 1. The second kappa shape index (κ2) is 8.16. The van der Waals surface area contributed by atoms with Crippen LogP contribution in [-0.4, -0.2) is 26.5 Å². The van der Waals surface area contributed by atoms with Gasteiger partial charge >= 0.3 is 5.97 Å². The lowest BCUT2D eigenvalue weighted by molar-refractivity contribution is -0.118. The molecule has 0 aliphatic rings. The van der Waals surface area contributed by atoms with Gasteiger partial charge in [0.1, 0.15) is 16.7 Å². The molecule has 4 aromatic rings. The average Bonchev–Trinajstić information content (AvgIpc) is 3.19. The van der Waals surface area contributed by atoms with Crippen LogP contribution in [0.25, 0.3) is 21.6 Å². The molecule has 7 nitrogen and oxygen atoms in total. The van der Waals surface area contributed by atoms with Crippen LogP contribution in [0.4, 0.5) is 5.69 Å². The molecule has 2 aromatic heterocycles. The number of anilines is 1. The van der Waals surface area contributed by atoms with E-state index in [2.05, 4.69) is 10.3 Å². The fourth-order valence-corrected chi connectivity index (χ4v) is 4.30. The van der Waals surface area contributed by atoms with E-state index in [1.54, 1.807) is 31.2 Å². The number of aromatic carboxylic acids is 1. The number of fused-ring (bicyclic) bond motifs is 1. The number of nitrogens with zero attached hydrogens (tertiary/aromatic N) is 2. The molecule has 2 N–H and O–H groups in total. The summed E-state index contributed by atoms with van der Waals surface area (Å²) in [6, 6.07) is 15.4. The number of hydrogen-bond donors (Lipinski definition) is 2. The van der Waals surface area contributed by atoms with Crippen LogP contribution in [0, 0.1) is 6.92 Å². The molecule has 2 heterocycles. The Hall–Kier alpha value is -3.78. The summed E-state index contributed by atoms with van der Waals surface area (Å²) in [7, 11) is 0. The molecule has 31 heavy (non-hydrogen) atoms. The molecular weight excluding hydrogens is 414 g/mol. The molecule has 2 aromatic carbocycles. The Balaban J connectivity index is 1.92. The first-order valence-electron chi connectivity index (χ1n) is 9.57. The Morgan fingerprint density at radius 3 is 2.55 bits per heavy atom. The molecule has 0 fully saturated rings. The highest BCUT2D eigenvalue weighted by Crippen LogP contribution is 2.28. The molecule has 4 rings (SSSR count). The molecule has 0 radical (unpaired) electrons. The number of benzene rings is 2. The summed E-state index contributed by atoms with van der Waals surface area (Å²) in [6.45, 7) is 3.52. The number of carbonyl (C=O) groups excluding carboxylic acids is 1. The lowest BCUT2D eigenvalue weighted by Crippen LogP contribution is -2.33. The third-order valence-corrected chi connectivity index (χ3v) is 5.83. The number of nitrogens with one attached hydrogen (secondary N) is 1. The van der Waals surface area contributed by atoms with Gasteiger partial charge in [0.2, 0.25) is 5.91 Å². The van der Waals surface area contributed by atoms with E-state index in [0.717, 1.165) is 16.9 Å². The van der Waals surface area contributed by atoms with Gasteiger partial charge in [-0.05, 0) is 32.0 Å². The summed E-state index contributed by atoms with van der Waals surface area (Å²) >= 11 is 1.10. The van der Waals surface area contributed by atoms with Crippen molar-refractivity contribution in [3.05, 3.63) is 81.5 Å². The lowest BCUT2D eigenvalue weighted by Gasteiger charge is -2.19. The van der Waals surface area contributed by atoms with Gasteiger partial charge in [0.05, 0.1) is 10.9 Å². The summed E-state index contributed by atoms with van der Waals surface area (Å²) < 4.78 is 1.27. The maximum Gasteiger partial charge on any atom is 0.337 e. The van der Waals surface area contributed by atoms with Gasteiger partial charge in [0.15, 0.2) is 0 Å². The first-order chi connectivity index (χ1) is 14.9. The van der Waals surface area contributed by atoms with E-state index >= 15 is 0 Å². The molecule has 0 aliphatic carbocycles. The minimum Gasteiger partial charge on any atom is -0.478 e. The number of carboxylic acids is 1. The van der Waals surface area contributed by atoms with E-state index in [9.17, 15) is 19.5 Å². The normalized spacial score (nSPS) is 11.9. The van der Waals surface area contributed by atoms with Gasteiger partial charge in [-0.2, -0.15) is 0 Å². The third-order valence-electron chi connectivity index (χ3n) is 4.95. The van der Waals surface area contributed by atoms with Crippen molar-refractivity contribution in [1.29, 1.82) is 0 Å². The highest BCUT2D eigenvalue weighted by Gasteiger charge is 2.26. The average molecular weight is 433 g/mol. The van der Waals surface area contributed by atoms with Crippen molar-refractivity contribution in [3.8, 4) is 11.4 Å². The second-order valence-corrected chi connectivity index (χ2v) is 8.00. The number of aryl methyl sites for hydroxylation is 1. The smallest absolute Gasteiger partial charge is 0.337 e. The van der Waals surface area contributed by atoms with Gasteiger partial charge in [-0.25, -0.2) is 9.78 Å². The van der Waals surface area contributed by atoms with Gasteiger partial charge < -0.3 is 10.4 Å². The van der Waals surface area contributed by atoms with Crippen molar-refractivity contribution in [3.63, 3.8) is 0 Å². The van der Waals surface area contributed by atoms with Crippen LogP contribution in [0.15, 0.2) is 64.8 Å². The standard InChI is InChI=1S/C23H19N3O4S/c1-13-7-6-8-15(11-13)19-25-21-18(17(12-31-21)23(29)30)22(28)26(19)14(2)20(27)24-16-9-4-3-5-10-16/h3-12,14H,1-2H3,(H,24,27)(H,29,30). The van der Waals surface area contributed by atoms with Crippen LogP contribution in [0.3, 0.4) is 0 Å². The number of aromatic nitrogens is 2. The maximum absolute atomic E-state index is 13.5. The maximum atomic E-state index is 13.5. The predicted octanol–water partition coefficient (Wildman–Crippen LogP) is 4.33. The topological polar surface area (TPSA) is 101 Å². The largest absolute Gasteiger partial charge is 0.478 e. The van der Waals surface area contributed by atoms with E-state index in [1.165, 1.54) is 9.95 Å². The predicted molar refractivity (Wildman–Crippen MR) is 121 cm³/mol. The highest BCUT2D eigenvalue weighted by atomic mass is 32.1. The number of rotatable bonds is 5. The molecule has 156 valence electrons. The summed E-state index contributed by atoms with van der Waals surface area (Å²) in [6.07, 6.45) is 0. The van der Waals surface area contributed by atoms with E-state index in [0.29, 0.717) is 21.9 Å². The monoisotopic (exact) mass is 433 g/mol. The van der Waals surface area contributed by atoms with E-state index < -0.39 is 23.5 Å². The van der Waals surface area contributed by atoms with Gasteiger partial charge in [-0.15, -0.1) is 11.3 Å². The number of carbonyl (C=O) groups is 2. The quantitative estimate of drug-likeness (QED) is 0.488. The SMILES string of the molecule is Cc1cccc(-c2nc3scc(C(=O)O)c3c(=O)n2C(C)C(=O)Nc2ccccc2)c1. The highest BCUT2D eigenvalue weighted by molar-refractivity contribution is 7.17. The van der Waals surface area contributed by atoms with Gasteiger partial charge in [0.25, 0.3) is 5.56 Å². The minimum atomic E-state index is -1.21. The van der Waals surface area contributed by atoms with Crippen LogP contribution >= 0.6 is 11.3 Å². The van der Waals surface area contributed by atoms with Crippen molar-refractivity contribution in [2.75, 3.05) is 5.32 Å². The minimum absolute atomic E-state index is 0.00765. The van der Waals surface area contributed by atoms with Crippen molar-refractivity contribution < 1.29 is 14.7 Å². The first kappa shape index (κ1) is 20.5. The summed E-state index contributed by atoms with van der Waals surface area (Å²) in [5, 5.41) is 13.7. The molecule has 0 saturated heterocycles. The molecule has 1 amide bonds. The number of hydrogen-bond acceptors (Lipinski definition) is 5. The molecule has 0 saturated carbocycles. The lowest BCUT2D eigenvalue weighted by atomic mass is 10.1.